The number of hydrogen-bond donors (Lipinski definition) is 1. The summed E-state index contributed by atoms with van der Waals surface area (Å²) in [4.78, 5) is 22.7. The number of Topliss-reactive ketones (excluding diaryl/α,β-unsaturated/α-hetero) is 1. The molecule has 1 aliphatic rings. The lowest BCUT2D eigenvalue weighted by molar-refractivity contribution is -0.138. The fraction of sp³-hybridized carbons (Fsp3) is 0.385. The molecule has 1 aliphatic carbocycles. The molecule has 0 bridgehead atoms. The van der Waals surface area contributed by atoms with Crippen LogP contribution in [0.2, 0.25) is 0 Å². The zero-order chi connectivity index (χ0) is 11.9. The summed E-state index contributed by atoms with van der Waals surface area (Å²) in [6.45, 7) is 4.10. The van der Waals surface area contributed by atoms with E-state index in [1.54, 1.807) is 6.07 Å². The fourth-order valence-electron chi connectivity index (χ4n) is 2.10. The molecule has 1 aromatic carbocycles. The van der Waals surface area contributed by atoms with Gasteiger partial charge in [-0.3, -0.25) is 9.59 Å². The van der Waals surface area contributed by atoms with Gasteiger partial charge in [-0.1, -0.05) is 26.0 Å². The van der Waals surface area contributed by atoms with Crippen LogP contribution in [0.25, 0.3) is 0 Å². The maximum absolute atomic E-state index is 11.7. The molecule has 1 unspecified atom stereocenters. The lowest BCUT2D eigenvalue weighted by Gasteiger charge is -2.08. The average Bonchev–Trinajstić information content (AvgIpc) is 2.56. The van der Waals surface area contributed by atoms with Gasteiger partial charge in [0.25, 0.3) is 0 Å². The number of hydrogen-bond acceptors (Lipinski definition) is 2. The van der Waals surface area contributed by atoms with Crippen LogP contribution in [-0.4, -0.2) is 16.9 Å². The van der Waals surface area contributed by atoms with Gasteiger partial charge in [0.05, 0.1) is 5.92 Å². The first-order chi connectivity index (χ1) is 7.50. The molecule has 84 valence electrons. The number of benzene rings is 1. The predicted octanol–water partition coefficient (Wildman–Crippen LogP) is 2.56. The molecule has 1 atom stereocenters. The Hall–Kier alpha value is -1.64. The van der Waals surface area contributed by atoms with Crippen LogP contribution in [0.1, 0.15) is 53.6 Å². The Labute approximate surface area is 94.1 Å². The summed E-state index contributed by atoms with van der Waals surface area (Å²) in [7, 11) is 0. The van der Waals surface area contributed by atoms with Gasteiger partial charge in [-0.25, -0.2) is 0 Å². The lowest BCUT2D eigenvalue weighted by Crippen LogP contribution is -2.08. The van der Waals surface area contributed by atoms with E-state index in [4.69, 9.17) is 5.11 Å². The van der Waals surface area contributed by atoms with Crippen LogP contribution in [0.3, 0.4) is 0 Å². The third kappa shape index (κ3) is 1.62. The Morgan fingerprint density at radius 2 is 2.12 bits per heavy atom. The second-order valence-corrected chi connectivity index (χ2v) is 4.52. The van der Waals surface area contributed by atoms with Gasteiger partial charge in [-0.2, -0.15) is 0 Å². The van der Waals surface area contributed by atoms with Crippen molar-refractivity contribution < 1.29 is 14.7 Å². The normalized spacial score (nSPS) is 18.9. The van der Waals surface area contributed by atoms with Gasteiger partial charge in [0.1, 0.15) is 0 Å². The summed E-state index contributed by atoms with van der Waals surface area (Å²) in [5.74, 6) is -1.26. The van der Waals surface area contributed by atoms with Crippen molar-refractivity contribution in [1.29, 1.82) is 0 Å². The molecule has 0 saturated heterocycles. The molecule has 3 nitrogen and oxygen atoms in total. The molecule has 0 amide bonds. The molecule has 2 rings (SSSR count). The van der Waals surface area contributed by atoms with Crippen molar-refractivity contribution in [3.8, 4) is 0 Å². The molecule has 1 aromatic rings. The van der Waals surface area contributed by atoms with Gasteiger partial charge in [0.2, 0.25) is 0 Å². The van der Waals surface area contributed by atoms with Crippen molar-refractivity contribution in [3.63, 3.8) is 0 Å². The summed E-state index contributed by atoms with van der Waals surface area (Å²) in [6.07, 6.45) is 0.103. The highest BCUT2D eigenvalue weighted by molar-refractivity contribution is 6.05. The van der Waals surface area contributed by atoms with Crippen molar-refractivity contribution in [2.24, 2.45) is 0 Å². The molecule has 0 heterocycles. The van der Waals surface area contributed by atoms with Crippen LogP contribution in [0, 0.1) is 0 Å². The number of carbonyl (C=O) groups is 2. The molecular formula is C13H14O3. The maximum Gasteiger partial charge on any atom is 0.311 e. The molecule has 3 heteroatoms. The first-order valence-electron chi connectivity index (χ1n) is 5.40. The van der Waals surface area contributed by atoms with E-state index in [9.17, 15) is 9.59 Å². The molecular weight excluding hydrogens is 204 g/mol. The van der Waals surface area contributed by atoms with Gasteiger partial charge >= 0.3 is 5.97 Å². The van der Waals surface area contributed by atoms with Gasteiger partial charge in [0.15, 0.2) is 5.78 Å². The van der Waals surface area contributed by atoms with Crippen LogP contribution in [-0.2, 0) is 4.79 Å². The predicted molar refractivity (Wildman–Crippen MR) is 59.9 cm³/mol. The van der Waals surface area contributed by atoms with E-state index in [0.717, 1.165) is 5.56 Å². The molecule has 0 spiro atoms. The third-order valence-corrected chi connectivity index (χ3v) is 3.11. The Bertz CT molecular complexity index is 460. The number of fused-ring (bicyclic) bond motifs is 1. The van der Waals surface area contributed by atoms with Crippen molar-refractivity contribution in [2.45, 2.75) is 32.1 Å². The SMILES string of the molecule is CC(C)c1ccc2c(c1)C(=O)CC2C(=O)O. The van der Waals surface area contributed by atoms with Gasteiger partial charge in [-0.05, 0) is 23.1 Å². The van der Waals surface area contributed by atoms with E-state index in [2.05, 4.69) is 13.8 Å². The van der Waals surface area contributed by atoms with Crippen molar-refractivity contribution >= 4 is 11.8 Å². The van der Waals surface area contributed by atoms with Crippen LogP contribution in [0.5, 0.6) is 0 Å². The zero-order valence-corrected chi connectivity index (χ0v) is 9.36. The average molecular weight is 218 g/mol. The van der Waals surface area contributed by atoms with E-state index in [1.165, 1.54) is 0 Å². The van der Waals surface area contributed by atoms with Crippen LogP contribution in [0.4, 0.5) is 0 Å². The van der Waals surface area contributed by atoms with E-state index in [-0.39, 0.29) is 12.2 Å². The lowest BCUT2D eigenvalue weighted by atomic mass is 9.96. The van der Waals surface area contributed by atoms with E-state index in [0.29, 0.717) is 17.0 Å². The minimum absolute atomic E-state index is 0.0510. The largest absolute Gasteiger partial charge is 0.481 e. The molecule has 0 aliphatic heterocycles. The summed E-state index contributed by atoms with van der Waals surface area (Å²) >= 11 is 0. The van der Waals surface area contributed by atoms with E-state index in [1.807, 2.05) is 12.1 Å². The van der Waals surface area contributed by atoms with Gasteiger partial charge in [0, 0.05) is 12.0 Å². The first-order valence-corrected chi connectivity index (χ1v) is 5.40. The Morgan fingerprint density at radius 3 is 2.69 bits per heavy atom. The molecule has 0 saturated carbocycles. The van der Waals surface area contributed by atoms with Crippen molar-refractivity contribution in [3.05, 3.63) is 34.9 Å². The Morgan fingerprint density at radius 1 is 1.44 bits per heavy atom. The van der Waals surface area contributed by atoms with Crippen LogP contribution < -0.4 is 0 Å². The highest BCUT2D eigenvalue weighted by Gasteiger charge is 2.34. The minimum Gasteiger partial charge on any atom is -0.481 e. The second kappa shape index (κ2) is 3.74. The summed E-state index contributed by atoms with van der Waals surface area (Å²) in [5.41, 5.74) is 2.35. The van der Waals surface area contributed by atoms with E-state index >= 15 is 0 Å². The smallest absolute Gasteiger partial charge is 0.311 e. The van der Waals surface area contributed by atoms with Gasteiger partial charge in [-0.15, -0.1) is 0 Å². The molecule has 0 aromatic heterocycles. The fourth-order valence-corrected chi connectivity index (χ4v) is 2.10. The number of carboxylic acids is 1. The zero-order valence-electron chi connectivity index (χ0n) is 9.36. The van der Waals surface area contributed by atoms with E-state index < -0.39 is 11.9 Å². The number of ketones is 1. The van der Waals surface area contributed by atoms with Gasteiger partial charge < -0.3 is 5.11 Å². The second-order valence-electron chi connectivity index (χ2n) is 4.52. The quantitative estimate of drug-likeness (QED) is 0.830. The van der Waals surface area contributed by atoms with Crippen LogP contribution in [0.15, 0.2) is 18.2 Å². The summed E-state index contributed by atoms with van der Waals surface area (Å²) < 4.78 is 0. The number of carboxylic acid groups (broad SMARTS) is 1. The standard InChI is InChI=1S/C13H14O3/c1-7(2)8-3-4-9-10(5-8)12(14)6-11(9)13(15)16/h3-5,7,11H,6H2,1-2H3,(H,15,16). The Kier molecular flexibility index (Phi) is 2.54. The van der Waals surface area contributed by atoms with Crippen LogP contribution >= 0.6 is 0 Å². The van der Waals surface area contributed by atoms with Crippen molar-refractivity contribution in [1.82, 2.24) is 0 Å². The monoisotopic (exact) mass is 218 g/mol. The number of aliphatic carboxylic acids is 1. The highest BCUT2D eigenvalue weighted by Crippen LogP contribution is 2.34. The molecule has 0 fully saturated rings. The Balaban J connectivity index is 2.49. The highest BCUT2D eigenvalue weighted by atomic mass is 16.4. The molecule has 0 radical (unpaired) electrons. The number of rotatable bonds is 2. The summed E-state index contributed by atoms with van der Waals surface area (Å²) in [6, 6.07) is 5.54. The number of carbonyl (C=O) groups excluding carboxylic acids is 1. The third-order valence-electron chi connectivity index (χ3n) is 3.11. The minimum atomic E-state index is -0.913. The molecule has 16 heavy (non-hydrogen) atoms. The summed E-state index contributed by atoms with van der Waals surface area (Å²) in [5, 5.41) is 9.00. The topological polar surface area (TPSA) is 54.4 Å². The first kappa shape index (κ1) is 10.9. The molecule has 1 N–H and O–H groups in total. The maximum atomic E-state index is 11.7. The van der Waals surface area contributed by atoms with Crippen molar-refractivity contribution in [2.75, 3.05) is 0 Å².